The third kappa shape index (κ3) is 4.31. The highest BCUT2D eigenvalue weighted by Gasteiger charge is 2.21. The molecule has 24 heavy (non-hydrogen) atoms. The summed E-state index contributed by atoms with van der Waals surface area (Å²) in [5.74, 6) is 0. The van der Waals surface area contributed by atoms with Crippen LogP contribution in [-0.4, -0.2) is 45.1 Å². The van der Waals surface area contributed by atoms with Gasteiger partial charge in [-0.1, -0.05) is 6.07 Å². The second-order valence-electron chi connectivity index (χ2n) is 5.58. The molecular formula is C15H19N3O4S2. The zero-order valence-electron chi connectivity index (χ0n) is 13.6. The SMILES string of the molecule is CN(C)C(CNc1ccc(S(C)(=O)=O)cc1[N+](=O)[O-])c1cccs1. The van der Waals surface area contributed by atoms with E-state index in [9.17, 15) is 18.5 Å². The number of rotatable bonds is 7. The average molecular weight is 369 g/mol. The molecule has 2 aromatic rings. The molecule has 0 aliphatic rings. The van der Waals surface area contributed by atoms with E-state index in [-0.39, 0.29) is 16.6 Å². The summed E-state index contributed by atoms with van der Waals surface area (Å²) < 4.78 is 23.2. The van der Waals surface area contributed by atoms with E-state index in [0.29, 0.717) is 12.2 Å². The van der Waals surface area contributed by atoms with Gasteiger partial charge in [0.2, 0.25) is 0 Å². The Morgan fingerprint density at radius 2 is 2.04 bits per heavy atom. The first-order chi connectivity index (χ1) is 11.2. The number of nitro benzene ring substituents is 1. The standard InChI is InChI=1S/C15H19N3O4S2/c1-17(2)14(15-5-4-8-23-15)10-16-12-7-6-11(24(3,21)22)9-13(12)18(19)20/h4-9,14,16H,10H2,1-3H3. The van der Waals surface area contributed by atoms with E-state index in [0.717, 1.165) is 17.2 Å². The Morgan fingerprint density at radius 1 is 1.33 bits per heavy atom. The molecule has 0 saturated carbocycles. The minimum absolute atomic E-state index is 0.0548. The van der Waals surface area contributed by atoms with Crippen LogP contribution in [0.25, 0.3) is 0 Å². The van der Waals surface area contributed by atoms with Gasteiger partial charge in [-0.15, -0.1) is 11.3 Å². The van der Waals surface area contributed by atoms with E-state index in [1.54, 1.807) is 11.3 Å². The fourth-order valence-electron chi connectivity index (χ4n) is 2.27. The van der Waals surface area contributed by atoms with E-state index < -0.39 is 14.8 Å². The molecule has 1 atom stereocenters. The zero-order valence-corrected chi connectivity index (χ0v) is 15.2. The molecule has 0 saturated heterocycles. The van der Waals surface area contributed by atoms with Crippen molar-refractivity contribution in [3.05, 3.63) is 50.7 Å². The van der Waals surface area contributed by atoms with Crippen molar-refractivity contribution in [2.75, 3.05) is 32.2 Å². The van der Waals surface area contributed by atoms with Gasteiger partial charge >= 0.3 is 0 Å². The first-order valence-corrected chi connectivity index (χ1v) is 9.89. The van der Waals surface area contributed by atoms with Crippen molar-refractivity contribution in [2.45, 2.75) is 10.9 Å². The van der Waals surface area contributed by atoms with Crippen molar-refractivity contribution in [3.63, 3.8) is 0 Å². The van der Waals surface area contributed by atoms with Gasteiger partial charge in [-0.2, -0.15) is 0 Å². The maximum Gasteiger partial charge on any atom is 0.293 e. The lowest BCUT2D eigenvalue weighted by Crippen LogP contribution is -2.26. The van der Waals surface area contributed by atoms with Crippen LogP contribution in [0, 0.1) is 10.1 Å². The summed E-state index contributed by atoms with van der Waals surface area (Å²) in [6, 6.07) is 7.93. The predicted molar refractivity (Wildman–Crippen MR) is 95.4 cm³/mol. The van der Waals surface area contributed by atoms with Gasteiger partial charge in [-0.05, 0) is 37.7 Å². The summed E-state index contributed by atoms with van der Waals surface area (Å²) >= 11 is 1.62. The minimum Gasteiger partial charge on any atom is -0.378 e. The lowest BCUT2D eigenvalue weighted by atomic mass is 10.2. The topological polar surface area (TPSA) is 92.6 Å². The molecule has 1 N–H and O–H groups in total. The van der Waals surface area contributed by atoms with Crippen LogP contribution < -0.4 is 5.32 Å². The smallest absolute Gasteiger partial charge is 0.293 e. The van der Waals surface area contributed by atoms with Crippen molar-refractivity contribution in [1.29, 1.82) is 0 Å². The molecule has 0 fully saturated rings. The molecule has 7 nitrogen and oxygen atoms in total. The normalized spacial score (nSPS) is 13.0. The highest BCUT2D eigenvalue weighted by molar-refractivity contribution is 7.90. The summed E-state index contributed by atoms with van der Waals surface area (Å²) in [5, 5.41) is 16.3. The summed E-state index contributed by atoms with van der Waals surface area (Å²) in [6.45, 7) is 0.465. The number of nitrogens with one attached hydrogen (secondary N) is 1. The number of hydrogen-bond donors (Lipinski definition) is 1. The molecule has 9 heteroatoms. The van der Waals surface area contributed by atoms with E-state index in [1.807, 2.05) is 36.5 Å². The number of anilines is 1. The minimum atomic E-state index is -3.49. The van der Waals surface area contributed by atoms with E-state index >= 15 is 0 Å². The molecule has 0 bridgehead atoms. The first-order valence-electron chi connectivity index (χ1n) is 7.12. The predicted octanol–water partition coefficient (Wildman–Crippen LogP) is 2.77. The van der Waals surface area contributed by atoms with Gasteiger partial charge in [-0.25, -0.2) is 8.42 Å². The van der Waals surface area contributed by atoms with Crippen molar-refractivity contribution in [1.82, 2.24) is 4.90 Å². The number of sulfone groups is 1. The van der Waals surface area contributed by atoms with Crippen LogP contribution in [0.2, 0.25) is 0 Å². The fourth-order valence-corrected chi connectivity index (χ4v) is 3.83. The molecule has 2 rings (SSSR count). The monoisotopic (exact) mass is 369 g/mol. The summed E-state index contributed by atoms with van der Waals surface area (Å²) in [5.41, 5.74) is 0.0532. The maximum atomic E-state index is 11.6. The molecule has 1 aromatic heterocycles. The average Bonchev–Trinajstić information content (AvgIpc) is 3.00. The number of thiophene rings is 1. The Balaban J connectivity index is 2.27. The van der Waals surface area contributed by atoms with E-state index in [2.05, 4.69) is 5.32 Å². The molecule has 1 aromatic carbocycles. The lowest BCUT2D eigenvalue weighted by molar-refractivity contribution is -0.384. The van der Waals surface area contributed by atoms with Gasteiger partial charge in [0.05, 0.1) is 15.9 Å². The number of nitro groups is 1. The van der Waals surface area contributed by atoms with Crippen molar-refractivity contribution >= 4 is 32.5 Å². The van der Waals surface area contributed by atoms with Crippen LogP contribution in [-0.2, 0) is 9.84 Å². The second kappa shape index (κ2) is 7.29. The number of benzene rings is 1. The van der Waals surface area contributed by atoms with Crippen molar-refractivity contribution < 1.29 is 13.3 Å². The number of nitrogens with zero attached hydrogens (tertiary/aromatic N) is 2. The molecule has 0 aliphatic carbocycles. The molecule has 0 aliphatic heterocycles. The van der Waals surface area contributed by atoms with Crippen LogP contribution in [0.1, 0.15) is 10.9 Å². The number of likely N-dealkylation sites (N-methyl/N-ethyl adjacent to an activating group) is 1. The van der Waals surface area contributed by atoms with Gasteiger partial charge in [0.15, 0.2) is 9.84 Å². The first kappa shape index (κ1) is 18.4. The lowest BCUT2D eigenvalue weighted by Gasteiger charge is -2.24. The summed E-state index contributed by atoms with van der Waals surface area (Å²) in [4.78, 5) is 13.8. The van der Waals surface area contributed by atoms with Gasteiger partial charge in [-0.3, -0.25) is 10.1 Å². The van der Waals surface area contributed by atoms with Gasteiger partial charge in [0.25, 0.3) is 5.69 Å². The number of hydrogen-bond acceptors (Lipinski definition) is 7. The Morgan fingerprint density at radius 3 is 2.54 bits per heavy atom. The third-order valence-electron chi connectivity index (χ3n) is 3.57. The highest BCUT2D eigenvalue weighted by atomic mass is 32.2. The largest absolute Gasteiger partial charge is 0.378 e. The van der Waals surface area contributed by atoms with Crippen LogP contribution in [0.3, 0.4) is 0 Å². The Hall–Kier alpha value is -1.97. The molecule has 0 spiro atoms. The van der Waals surface area contributed by atoms with E-state index in [1.165, 1.54) is 12.1 Å². The zero-order chi connectivity index (χ0) is 17.9. The summed E-state index contributed by atoms with van der Waals surface area (Å²) in [7, 11) is 0.381. The fraction of sp³-hybridized carbons (Fsp3) is 0.333. The van der Waals surface area contributed by atoms with Gasteiger partial charge < -0.3 is 10.2 Å². The van der Waals surface area contributed by atoms with Crippen molar-refractivity contribution in [2.24, 2.45) is 0 Å². The molecule has 1 unspecified atom stereocenters. The molecule has 130 valence electrons. The Bertz CT molecular complexity index is 817. The Labute approximate surface area is 145 Å². The van der Waals surface area contributed by atoms with Crippen LogP contribution in [0.5, 0.6) is 0 Å². The van der Waals surface area contributed by atoms with Crippen LogP contribution in [0.4, 0.5) is 11.4 Å². The van der Waals surface area contributed by atoms with Gasteiger partial charge in [0.1, 0.15) is 5.69 Å². The summed E-state index contributed by atoms with van der Waals surface area (Å²) in [6.07, 6.45) is 1.03. The van der Waals surface area contributed by atoms with Gasteiger partial charge in [0, 0.05) is 23.7 Å². The van der Waals surface area contributed by atoms with Crippen LogP contribution >= 0.6 is 11.3 Å². The van der Waals surface area contributed by atoms with Crippen molar-refractivity contribution in [3.8, 4) is 0 Å². The molecule has 0 amide bonds. The molecule has 1 heterocycles. The Kier molecular flexibility index (Phi) is 5.58. The highest BCUT2D eigenvalue weighted by Crippen LogP contribution is 2.29. The molecule has 0 radical (unpaired) electrons. The van der Waals surface area contributed by atoms with E-state index in [4.69, 9.17) is 0 Å². The molecular weight excluding hydrogens is 350 g/mol. The van der Waals surface area contributed by atoms with Crippen LogP contribution in [0.15, 0.2) is 40.6 Å². The second-order valence-corrected chi connectivity index (χ2v) is 8.58. The maximum absolute atomic E-state index is 11.6. The third-order valence-corrected chi connectivity index (χ3v) is 5.66. The quantitative estimate of drug-likeness (QED) is 0.596.